The van der Waals surface area contributed by atoms with Crippen LogP contribution in [0.15, 0.2) is 91.1 Å². The number of alkyl halides is 3. The number of amides is 3. The molecule has 4 aromatic carbocycles. The first-order chi connectivity index (χ1) is 21.0. The molecule has 1 aromatic heterocycles. The molecule has 3 amide bonds. The Hall–Kier alpha value is -5.36. The van der Waals surface area contributed by atoms with Crippen molar-refractivity contribution in [2.75, 3.05) is 10.6 Å². The van der Waals surface area contributed by atoms with Crippen LogP contribution in [-0.4, -0.2) is 41.1 Å². The zero-order valence-corrected chi connectivity index (χ0v) is 23.3. The quantitative estimate of drug-likeness (QED) is 0.120. The normalized spacial score (nSPS) is 12.0. The number of esters is 2. The van der Waals surface area contributed by atoms with Crippen molar-refractivity contribution in [3.8, 4) is 0 Å². The van der Waals surface area contributed by atoms with Crippen LogP contribution < -0.4 is 16.0 Å². The average Bonchev–Trinajstić information content (AvgIpc) is 3.39. The van der Waals surface area contributed by atoms with E-state index >= 15 is 0 Å². The molecule has 5 rings (SSSR count). The van der Waals surface area contributed by atoms with Crippen LogP contribution in [-0.2, 0) is 20.7 Å². The second-order valence-corrected chi connectivity index (χ2v) is 10.0. The van der Waals surface area contributed by atoms with Crippen LogP contribution in [0.4, 0.5) is 29.3 Å². The lowest BCUT2D eigenvalue weighted by molar-refractivity contribution is -0.202. The molecule has 44 heavy (non-hydrogen) atoms. The van der Waals surface area contributed by atoms with Gasteiger partial charge in [0.1, 0.15) is 6.04 Å². The van der Waals surface area contributed by atoms with E-state index in [0.717, 1.165) is 0 Å². The molecule has 0 aliphatic heterocycles. The SMILES string of the molecule is O=C(Nc1ccccc1Cl)Nc1cc2ccccc2cc1C(=O)N[C@@H](Cc1c[nH]c2ccccc12)C(=O)OC(=O)C(F)(F)F. The van der Waals surface area contributed by atoms with E-state index in [1.807, 2.05) is 0 Å². The molecule has 1 heterocycles. The summed E-state index contributed by atoms with van der Waals surface area (Å²) < 4.78 is 42.8. The summed E-state index contributed by atoms with van der Waals surface area (Å²) in [4.78, 5) is 53.9. The van der Waals surface area contributed by atoms with E-state index < -0.39 is 36.1 Å². The van der Waals surface area contributed by atoms with Gasteiger partial charge >= 0.3 is 24.1 Å². The Bertz CT molecular complexity index is 1910. The van der Waals surface area contributed by atoms with Gasteiger partial charge in [0, 0.05) is 23.5 Å². The molecule has 0 aliphatic carbocycles. The number of nitrogens with one attached hydrogen (secondary N) is 4. The van der Waals surface area contributed by atoms with Gasteiger partial charge in [0.15, 0.2) is 0 Å². The van der Waals surface area contributed by atoms with E-state index in [2.05, 4.69) is 25.7 Å². The number of fused-ring (bicyclic) bond motifs is 2. The van der Waals surface area contributed by atoms with Crippen molar-refractivity contribution in [1.82, 2.24) is 10.3 Å². The maximum atomic E-state index is 13.7. The number of urea groups is 1. The Labute approximate surface area is 252 Å². The molecule has 0 saturated carbocycles. The van der Waals surface area contributed by atoms with E-state index in [1.165, 1.54) is 18.3 Å². The largest absolute Gasteiger partial charge is 0.491 e. The number of carbonyl (C=O) groups is 4. The summed E-state index contributed by atoms with van der Waals surface area (Å²) in [5.74, 6) is -5.26. The Morgan fingerprint density at radius 1 is 0.841 bits per heavy atom. The van der Waals surface area contributed by atoms with Gasteiger partial charge in [-0.25, -0.2) is 14.4 Å². The number of H-pyrrole nitrogens is 1. The Kier molecular flexibility index (Phi) is 8.54. The zero-order valence-electron chi connectivity index (χ0n) is 22.5. The maximum Gasteiger partial charge on any atom is 0.491 e. The van der Waals surface area contributed by atoms with Crippen LogP contribution in [0.2, 0.25) is 5.02 Å². The highest BCUT2D eigenvalue weighted by Crippen LogP contribution is 2.27. The van der Waals surface area contributed by atoms with Crippen molar-refractivity contribution in [1.29, 1.82) is 0 Å². The molecular formula is C31H22ClF3N4O5. The van der Waals surface area contributed by atoms with Gasteiger partial charge in [-0.1, -0.05) is 66.2 Å². The Morgan fingerprint density at radius 2 is 1.48 bits per heavy atom. The summed E-state index contributed by atoms with van der Waals surface area (Å²) in [5, 5.41) is 9.72. The third-order valence-corrected chi connectivity index (χ3v) is 6.94. The maximum absolute atomic E-state index is 13.7. The highest BCUT2D eigenvalue weighted by Gasteiger charge is 2.43. The fraction of sp³-hybridized carbons (Fsp3) is 0.0968. The number of anilines is 2. The average molecular weight is 623 g/mol. The molecule has 4 N–H and O–H groups in total. The van der Waals surface area contributed by atoms with Gasteiger partial charge in [-0.3, -0.25) is 4.79 Å². The number of halogens is 4. The highest BCUT2D eigenvalue weighted by molar-refractivity contribution is 6.33. The monoisotopic (exact) mass is 622 g/mol. The van der Waals surface area contributed by atoms with Gasteiger partial charge in [-0.05, 0) is 46.7 Å². The molecule has 0 saturated heterocycles. The van der Waals surface area contributed by atoms with Crippen molar-refractivity contribution in [2.45, 2.75) is 18.6 Å². The number of hydrogen-bond acceptors (Lipinski definition) is 5. The van der Waals surface area contributed by atoms with E-state index in [4.69, 9.17) is 11.6 Å². The van der Waals surface area contributed by atoms with Crippen LogP contribution in [0.1, 0.15) is 15.9 Å². The standard InChI is InChI=1S/C31H22ClF3N4O5/c32-22-10-4-6-12-24(22)38-30(43)39-25-14-18-8-2-1-7-17(18)13-21(25)27(40)37-26(28(41)44-29(42)31(33,34)35)15-19-16-36-23-11-5-3-9-20(19)23/h1-14,16,26,36H,15H2,(H,37,40)(H2,38,39,43)/t26-/m0/s1. The third kappa shape index (κ3) is 6.81. The van der Waals surface area contributed by atoms with Gasteiger partial charge in [0.05, 0.1) is 22.0 Å². The summed E-state index contributed by atoms with van der Waals surface area (Å²) >= 11 is 6.13. The van der Waals surface area contributed by atoms with Crippen molar-refractivity contribution in [2.24, 2.45) is 0 Å². The van der Waals surface area contributed by atoms with Crippen LogP contribution in [0, 0.1) is 0 Å². The van der Waals surface area contributed by atoms with E-state index in [9.17, 15) is 32.3 Å². The van der Waals surface area contributed by atoms with Gasteiger partial charge in [0.2, 0.25) is 0 Å². The Balaban J connectivity index is 1.47. The molecule has 0 bridgehead atoms. The van der Waals surface area contributed by atoms with Crippen LogP contribution in [0.25, 0.3) is 21.7 Å². The van der Waals surface area contributed by atoms with Gasteiger partial charge in [-0.15, -0.1) is 0 Å². The molecule has 0 radical (unpaired) electrons. The van der Waals surface area contributed by atoms with E-state index in [1.54, 1.807) is 72.8 Å². The highest BCUT2D eigenvalue weighted by atomic mass is 35.5. The third-order valence-electron chi connectivity index (χ3n) is 6.61. The first kappa shape index (κ1) is 30.1. The fourth-order valence-electron chi connectivity index (χ4n) is 4.54. The minimum atomic E-state index is -5.44. The molecule has 5 aromatic rings. The summed E-state index contributed by atoms with van der Waals surface area (Å²) in [6.45, 7) is 0. The predicted molar refractivity (Wildman–Crippen MR) is 158 cm³/mol. The minimum absolute atomic E-state index is 0.0244. The first-order valence-electron chi connectivity index (χ1n) is 13.0. The number of ether oxygens (including phenoxy) is 1. The number of aromatic amines is 1. The topological polar surface area (TPSA) is 129 Å². The van der Waals surface area contributed by atoms with Gasteiger partial charge in [0.25, 0.3) is 5.91 Å². The Morgan fingerprint density at radius 3 is 2.20 bits per heavy atom. The van der Waals surface area contributed by atoms with Crippen LogP contribution in [0.5, 0.6) is 0 Å². The number of benzene rings is 4. The smallest absolute Gasteiger partial charge is 0.385 e. The number of hydrogen-bond donors (Lipinski definition) is 4. The molecule has 1 atom stereocenters. The predicted octanol–water partition coefficient (Wildman–Crippen LogP) is 6.59. The number of aromatic nitrogens is 1. The summed E-state index contributed by atoms with van der Waals surface area (Å²) in [7, 11) is 0. The zero-order chi connectivity index (χ0) is 31.4. The van der Waals surface area contributed by atoms with Crippen molar-refractivity contribution in [3.05, 3.63) is 107 Å². The second kappa shape index (κ2) is 12.5. The lowest BCUT2D eigenvalue weighted by Crippen LogP contribution is -2.45. The minimum Gasteiger partial charge on any atom is -0.385 e. The number of para-hydroxylation sites is 2. The first-order valence-corrected chi connectivity index (χ1v) is 13.4. The number of rotatable bonds is 7. The molecular weight excluding hydrogens is 601 g/mol. The van der Waals surface area contributed by atoms with Crippen molar-refractivity contribution in [3.63, 3.8) is 0 Å². The molecule has 224 valence electrons. The van der Waals surface area contributed by atoms with Crippen molar-refractivity contribution < 1.29 is 37.1 Å². The summed E-state index contributed by atoms with van der Waals surface area (Å²) in [6.07, 6.45) is -4.22. The fourth-order valence-corrected chi connectivity index (χ4v) is 4.72. The molecule has 13 heteroatoms. The van der Waals surface area contributed by atoms with Crippen LogP contribution in [0.3, 0.4) is 0 Å². The second-order valence-electron chi connectivity index (χ2n) is 9.60. The lowest BCUT2D eigenvalue weighted by Gasteiger charge is -2.19. The van der Waals surface area contributed by atoms with Crippen LogP contribution >= 0.6 is 11.6 Å². The lowest BCUT2D eigenvalue weighted by atomic mass is 10.0. The van der Waals surface area contributed by atoms with Gasteiger partial charge < -0.3 is 25.7 Å². The molecule has 9 nitrogen and oxygen atoms in total. The van der Waals surface area contributed by atoms with E-state index in [-0.39, 0.29) is 22.7 Å². The molecule has 0 aliphatic rings. The molecule has 0 unspecified atom stereocenters. The summed E-state index contributed by atoms with van der Waals surface area (Å²) in [6, 6.07) is 20.9. The van der Waals surface area contributed by atoms with Crippen molar-refractivity contribution >= 4 is 68.5 Å². The molecule has 0 spiro atoms. The number of carbonyl (C=O) groups excluding carboxylic acids is 4. The van der Waals surface area contributed by atoms with E-state index in [0.29, 0.717) is 32.9 Å². The summed E-state index contributed by atoms with van der Waals surface area (Å²) in [5.41, 5.74) is 1.36. The van der Waals surface area contributed by atoms with Gasteiger partial charge in [-0.2, -0.15) is 13.2 Å². The molecule has 0 fully saturated rings.